The van der Waals surface area contributed by atoms with Crippen molar-refractivity contribution in [2.24, 2.45) is 0 Å². The van der Waals surface area contributed by atoms with Crippen molar-refractivity contribution in [3.05, 3.63) is 41.2 Å². The van der Waals surface area contributed by atoms with Crippen LogP contribution in [0.2, 0.25) is 0 Å². The molecule has 0 amide bonds. The largest absolute Gasteiger partial charge is 0.292 e. The second-order valence-electron chi connectivity index (χ2n) is 2.71. The second-order valence-corrected chi connectivity index (χ2v) is 3.32. The Balaban J connectivity index is 2.10. The van der Waals surface area contributed by atoms with E-state index in [2.05, 4.69) is 14.6 Å². The quantitative estimate of drug-likeness (QED) is 0.710. The number of rotatable bonds is 3. The van der Waals surface area contributed by atoms with Crippen LogP contribution in [-0.4, -0.2) is 20.4 Å². The fraction of sp³-hybridized carbons (Fsp3) is 0.111. The maximum Gasteiger partial charge on any atom is 0.189 e. The number of hydrogen-bond acceptors (Lipinski definition) is 5. The Labute approximate surface area is 84.8 Å². The zero-order chi connectivity index (χ0) is 9.80. The van der Waals surface area contributed by atoms with Gasteiger partial charge in [-0.1, -0.05) is 10.6 Å². The van der Waals surface area contributed by atoms with Crippen LogP contribution in [0.3, 0.4) is 0 Å². The van der Waals surface area contributed by atoms with Crippen molar-refractivity contribution in [2.45, 2.75) is 6.42 Å². The molecule has 0 aliphatic carbocycles. The number of hydrogen-bond donors (Lipinski definition) is 0. The number of ketones is 1. The van der Waals surface area contributed by atoms with Gasteiger partial charge in [-0.15, -0.1) is 5.10 Å². The Morgan fingerprint density at radius 1 is 1.43 bits per heavy atom. The number of Topliss-reactive ketones (excluding diaryl/α,β-unsaturated/α-hetero) is 1. The lowest BCUT2D eigenvalue weighted by Gasteiger charge is -1.95. The average molecular weight is 205 g/mol. The zero-order valence-electron chi connectivity index (χ0n) is 7.25. The summed E-state index contributed by atoms with van der Waals surface area (Å²) in [6.07, 6.45) is 1.95. The minimum atomic E-state index is -0.0440. The molecule has 5 heteroatoms. The molecule has 2 heterocycles. The highest BCUT2D eigenvalue weighted by Crippen LogP contribution is 2.03. The van der Waals surface area contributed by atoms with E-state index in [1.165, 1.54) is 11.5 Å². The first kappa shape index (κ1) is 8.96. The van der Waals surface area contributed by atoms with E-state index in [9.17, 15) is 4.79 Å². The van der Waals surface area contributed by atoms with Gasteiger partial charge in [0.05, 0.1) is 6.42 Å². The van der Waals surface area contributed by atoms with E-state index in [-0.39, 0.29) is 12.2 Å². The van der Waals surface area contributed by atoms with Gasteiger partial charge in [0.1, 0.15) is 5.69 Å². The minimum Gasteiger partial charge on any atom is -0.292 e. The summed E-state index contributed by atoms with van der Waals surface area (Å²) < 4.78 is 3.64. The van der Waals surface area contributed by atoms with Gasteiger partial charge in [0.15, 0.2) is 5.78 Å². The Morgan fingerprint density at radius 2 is 2.36 bits per heavy atom. The van der Waals surface area contributed by atoms with E-state index < -0.39 is 0 Å². The Kier molecular flexibility index (Phi) is 2.60. The van der Waals surface area contributed by atoms with Crippen LogP contribution in [0.4, 0.5) is 0 Å². The van der Waals surface area contributed by atoms with Crippen LogP contribution in [-0.2, 0) is 6.42 Å². The molecule has 0 unspecified atom stereocenters. The zero-order valence-corrected chi connectivity index (χ0v) is 8.07. The number of carbonyl (C=O) groups excluding carboxylic acids is 1. The summed E-state index contributed by atoms with van der Waals surface area (Å²) in [4.78, 5) is 15.6. The van der Waals surface area contributed by atoms with Gasteiger partial charge < -0.3 is 0 Å². The smallest absolute Gasteiger partial charge is 0.189 e. The Bertz CT molecular complexity index is 413. The molecule has 0 fully saturated rings. The van der Waals surface area contributed by atoms with Crippen molar-refractivity contribution in [3.63, 3.8) is 0 Å². The van der Waals surface area contributed by atoms with Gasteiger partial charge in [0.2, 0.25) is 0 Å². The SMILES string of the molecule is O=C(Cc1ccccn1)c1csnn1. The van der Waals surface area contributed by atoms with E-state index in [0.717, 1.165) is 5.69 Å². The maximum absolute atomic E-state index is 11.5. The molecule has 0 saturated heterocycles. The predicted octanol–water partition coefficient (Wildman–Crippen LogP) is 1.36. The number of nitrogens with zero attached hydrogens (tertiary/aromatic N) is 3. The van der Waals surface area contributed by atoms with Crippen LogP contribution in [0, 0.1) is 0 Å². The molecule has 0 aliphatic rings. The lowest BCUT2D eigenvalue weighted by molar-refractivity contribution is 0.0987. The molecule has 0 spiro atoms. The highest BCUT2D eigenvalue weighted by atomic mass is 32.1. The molecule has 14 heavy (non-hydrogen) atoms. The highest BCUT2D eigenvalue weighted by molar-refractivity contribution is 7.03. The molecule has 0 bridgehead atoms. The van der Waals surface area contributed by atoms with Gasteiger partial charge in [-0.05, 0) is 23.7 Å². The second kappa shape index (κ2) is 4.06. The van der Waals surface area contributed by atoms with Gasteiger partial charge in [-0.3, -0.25) is 9.78 Å². The predicted molar refractivity (Wildman–Crippen MR) is 52.2 cm³/mol. The van der Waals surface area contributed by atoms with Crippen molar-refractivity contribution in [2.75, 3.05) is 0 Å². The van der Waals surface area contributed by atoms with Gasteiger partial charge in [0, 0.05) is 17.3 Å². The molecule has 0 aliphatic heterocycles. The van der Waals surface area contributed by atoms with Crippen LogP contribution >= 0.6 is 11.5 Å². The number of pyridine rings is 1. The number of aromatic nitrogens is 3. The molecule has 0 aromatic carbocycles. The highest BCUT2D eigenvalue weighted by Gasteiger charge is 2.09. The van der Waals surface area contributed by atoms with E-state index >= 15 is 0 Å². The molecule has 2 aromatic heterocycles. The van der Waals surface area contributed by atoms with Crippen LogP contribution in [0.15, 0.2) is 29.8 Å². The summed E-state index contributed by atoms with van der Waals surface area (Å²) >= 11 is 1.18. The standard InChI is InChI=1S/C9H7N3OS/c13-9(8-6-14-12-11-8)5-7-3-1-2-4-10-7/h1-4,6H,5H2. The third-order valence-corrected chi connectivity index (χ3v) is 2.22. The Morgan fingerprint density at radius 3 is 3.00 bits per heavy atom. The minimum absolute atomic E-state index is 0.0440. The molecular formula is C9H7N3OS. The molecule has 0 radical (unpaired) electrons. The van der Waals surface area contributed by atoms with Gasteiger partial charge in [0.25, 0.3) is 0 Å². The van der Waals surface area contributed by atoms with Crippen molar-refractivity contribution >= 4 is 17.3 Å². The summed E-state index contributed by atoms with van der Waals surface area (Å²) in [7, 11) is 0. The molecule has 4 nitrogen and oxygen atoms in total. The first-order valence-corrected chi connectivity index (χ1v) is 4.90. The van der Waals surface area contributed by atoms with E-state index in [0.29, 0.717) is 5.69 Å². The van der Waals surface area contributed by atoms with Crippen molar-refractivity contribution in [1.29, 1.82) is 0 Å². The topological polar surface area (TPSA) is 55.7 Å². The van der Waals surface area contributed by atoms with Gasteiger partial charge in [-0.2, -0.15) is 0 Å². The fourth-order valence-electron chi connectivity index (χ4n) is 1.04. The summed E-state index contributed by atoms with van der Waals surface area (Å²) in [5, 5.41) is 5.35. The summed E-state index contributed by atoms with van der Waals surface area (Å²) in [5.74, 6) is -0.0440. The normalized spacial score (nSPS) is 10.0. The van der Waals surface area contributed by atoms with Gasteiger partial charge in [-0.25, -0.2) is 0 Å². The third kappa shape index (κ3) is 2.00. The molecule has 2 aromatic rings. The first-order chi connectivity index (χ1) is 6.86. The summed E-state index contributed by atoms with van der Waals surface area (Å²) in [6, 6.07) is 5.49. The molecular weight excluding hydrogens is 198 g/mol. The fourth-order valence-corrected chi connectivity index (χ4v) is 1.50. The molecule has 0 saturated carbocycles. The van der Waals surface area contributed by atoms with Crippen molar-refractivity contribution < 1.29 is 4.79 Å². The lowest BCUT2D eigenvalue weighted by atomic mass is 10.2. The van der Waals surface area contributed by atoms with Crippen LogP contribution in [0.25, 0.3) is 0 Å². The molecule has 2 rings (SSSR count). The maximum atomic E-state index is 11.5. The van der Waals surface area contributed by atoms with Crippen molar-refractivity contribution in [3.8, 4) is 0 Å². The van der Waals surface area contributed by atoms with Crippen LogP contribution < -0.4 is 0 Å². The Hall–Kier alpha value is -1.62. The number of carbonyl (C=O) groups is 1. The van der Waals surface area contributed by atoms with E-state index in [4.69, 9.17) is 0 Å². The van der Waals surface area contributed by atoms with Crippen LogP contribution in [0.5, 0.6) is 0 Å². The van der Waals surface area contributed by atoms with E-state index in [1.807, 2.05) is 18.2 Å². The average Bonchev–Trinajstić information content (AvgIpc) is 2.72. The molecule has 0 atom stereocenters. The van der Waals surface area contributed by atoms with Crippen LogP contribution in [0.1, 0.15) is 16.2 Å². The molecule has 0 N–H and O–H groups in total. The monoisotopic (exact) mass is 205 g/mol. The molecule has 70 valence electrons. The summed E-state index contributed by atoms with van der Waals surface area (Å²) in [6.45, 7) is 0. The summed E-state index contributed by atoms with van der Waals surface area (Å²) in [5.41, 5.74) is 1.17. The lowest BCUT2D eigenvalue weighted by Crippen LogP contribution is -2.05. The first-order valence-electron chi connectivity index (χ1n) is 4.06. The van der Waals surface area contributed by atoms with E-state index in [1.54, 1.807) is 11.6 Å². The van der Waals surface area contributed by atoms with Crippen molar-refractivity contribution in [1.82, 2.24) is 14.6 Å². The third-order valence-electron chi connectivity index (χ3n) is 1.71. The van der Waals surface area contributed by atoms with Gasteiger partial charge >= 0.3 is 0 Å².